The van der Waals surface area contributed by atoms with Crippen LogP contribution in [-0.2, 0) is 22.6 Å². The lowest BCUT2D eigenvalue weighted by Crippen LogP contribution is -2.35. The lowest BCUT2D eigenvalue weighted by Gasteiger charge is -2.29. The van der Waals surface area contributed by atoms with Crippen molar-refractivity contribution in [1.82, 2.24) is 20.2 Å². The molecule has 0 radical (unpaired) electrons. The van der Waals surface area contributed by atoms with Crippen LogP contribution >= 0.6 is 0 Å². The van der Waals surface area contributed by atoms with Crippen LogP contribution in [0, 0.1) is 11.3 Å². The molecule has 4 rings (SSSR count). The molecule has 40 heavy (non-hydrogen) atoms. The van der Waals surface area contributed by atoms with Gasteiger partial charge in [0.15, 0.2) is 12.4 Å². The maximum Gasteiger partial charge on any atom is 0.257 e. The fraction of sp³-hybridized carbons (Fsp3) is 0.300. The highest BCUT2D eigenvalue weighted by Crippen LogP contribution is 2.31. The first-order valence-corrected chi connectivity index (χ1v) is 13.2. The van der Waals surface area contributed by atoms with E-state index < -0.39 is 0 Å². The number of amides is 2. The molecule has 2 aromatic carbocycles. The van der Waals surface area contributed by atoms with Gasteiger partial charge < -0.3 is 31.4 Å². The van der Waals surface area contributed by atoms with Gasteiger partial charge in [-0.15, -0.1) is 0 Å². The Balaban J connectivity index is 1.62. The number of nitrogens with two attached hydrogens (primary N) is 1. The third-order valence-corrected chi connectivity index (χ3v) is 6.49. The van der Waals surface area contributed by atoms with Crippen molar-refractivity contribution in [1.29, 1.82) is 5.41 Å². The molecule has 1 aliphatic heterocycles. The van der Waals surface area contributed by atoms with Crippen molar-refractivity contribution in [3.63, 3.8) is 0 Å². The molecule has 0 aliphatic carbocycles. The minimum Gasteiger partial charge on any atom is -0.484 e. The third-order valence-electron chi connectivity index (χ3n) is 6.49. The van der Waals surface area contributed by atoms with E-state index in [-0.39, 0.29) is 18.4 Å². The van der Waals surface area contributed by atoms with Gasteiger partial charge in [-0.25, -0.2) is 9.97 Å². The van der Waals surface area contributed by atoms with Crippen molar-refractivity contribution >= 4 is 35.1 Å². The van der Waals surface area contributed by atoms with Gasteiger partial charge in [0, 0.05) is 61.2 Å². The molecular weight excluding hydrogens is 506 g/mol. The molecule has 2 heterocycles. The van der Waals surface area contributed by atoms with Crippen molar-refractivity contribution in [3.8, 4) is 17.1 Å². The Labute approximate surface area is 234 Å². The number of benzene rings is 2. The number of aromatic nitrogens is 2. The topological polar surface area (TPSA) is 146 Å². The summed E-state index contributed by atoms with van der Waals surface area (Å²) >= 11 is 0. The number of hydrogen-bond acceptors (Lipinski definition) is 8. The number of carbonyl (C=O) groups is 2. The molecule has 0 spiro atoms. The SMILES string of the molecule is CC(=O)N1CCc2nc(-c3cccc(OCC(=O)NCC(C)C)c3)nc(Nc3ccc(/C(C=N)=C/N)cc3)c2C1. The number of nitrogens with one attached hydrogen (secondary N) is 3. The third kappa shape index (κ3) is 7.02. The fourth-order valence-electron chi connectivity index (χ4n) is 4.27. The smallest absolute Gasteiger partial charge is 0.257 e. The van der Waals surface area contributed by atoms with Gasteiger partial charge in [0.1, 0.15) is 11.6 Å². The Bertz CT molecular complexity index is 1420. The molecule has 208 valence electrons. The second-order valence-corrected chi connectivity index (χ2v) is 9.99. The average molecular weight is 542 g/mol. The van der Waals surface area contributed by atoms with Gasteiger partial charge in [0.05, 0.1) is 12.2 Å². The number of anilines is 2. The van der Waals surface area contributed by atoms with E-state index in [1.165, 1.54) is 12.4 Å². The summed E-state index contributed by atoms with van der Waals surface area (Å²) in [7, 11) is 0. The summed E-state index contributed by atoms with van der Waals surface area (Å²) in [4.78, 5) is 35.7. The van der Waals surface area contributed by atoms with Crippen molar-refractivity contribution in [2.75, 3.05) is 25.0 Å². The van der Waals surface area contributed by atoms with Gasteiger partial charge in [-0.3, -0.25) is 9.59 Å². The predicted molar refractivity (Wildman–Crippen MR) is 156 cm³/mol. The standard InChI is InChI=1S/C30H35N7O3/c1-19(2)16-33-28(39)18-40-25-6-4-5-22(13-25)29-35-27-11-12-37(20(3)38)17-26(27)30(36-29)34-24-9-7-21(8-10-24)23(14-31)15-32/h4-10,13-15,19,31H,11-12,16-18,32H2,1-3H3,(H,33,39)(H,34,35,36)/b23-15+,31-14?. The van der Waals surface area contributed by atoms with Crippen LogP contribution in [0.25, 0.3) is 17.0 Å². The van der Waals surface area contributed by atoms with Gasteiger partial charge in [-0.05, 0) is 35.7 Å². The predicted octanol–water partition coefficient (Wildman–Crippen LogP) is 3.89. The molecule has 0 saturated heterocycles. The van der Waals surface area contributed by atoms with Crippen LogP contribution in [0.15, 0.2) is 54.7 Å². The monoisotopic (exact) mass is 541 g/mol. The highest BCUT2D eigenvalue weighted by atomic mass is 16.5. The lowest BCUT2D eigenvalue weighted by atomic mass is 10.0. The Morgan fingerprint density at radius 1 is 1.18 bits per heavy atom. The maximum atomic E-state index is 12.1. The Kier molecular flexibility index (Phi) is 9.11. The second-order valence-electron chi connectivity index (χ2n) is 9.99. The summed E-state index contributed by atoms with van der Waals surface area (Å²) < 4.78 is 5.73. The second kappa shape index (κ2) is 12.9. The van der Waals surface area contributed by atoms with E-state index in [1.54, 1.807) is 17.9 Å². The largest absolute Gasteiger partial charge is 0.484 e. The summed E-state index contributed by atoms with van der Waals surface area (Å²) in [6, 6.07) is 14.9. The molecule has 0 bridgehead atoms. The summed E-state index contributed by atoms with van der Waals surface area (Å²) in [6.07, 6.45) is 3.21. The van der Waals surface area contributed by atoms with Crippen molar-refractivity contribution in [2.45, 2.75) is 33.7 Å². The molecule has 2 amide bonds. The molecule has 0 unspecified atom stereocenters. The Morgan fingerprint density at radius 3 is 2.62 bits per heavy atom. The van der Waals surface area contributed by atoms with E-state index in [4.69, 9.17) is 25.8 Å². The van der Waals surface area contributed by atoms with Crippen molar-refractivity contribution < 1.29 is 14.3 Å². The number of fused-ring (bicyclic) bond motifs is 1. The molecule has 5 N–H and O–H groups in total. The van der Waals surface area contributed by atoms with Gasteiger partial charge in [-0.2, -0.15) is 0 Å². The molecule has 0 fully saturated rings. The van der Waals surface area contributed by atoms with Gasteiger partial charge in [-0.1, -0.05) is 38.1 Å². The molecule has 1 aliphatic rings. The zero-order chi connectivity index (χ0) is 28.6. The molecule has 1 aromatic heterocycles. The fourth-order valence-corrected chi connectivity index (χ4v) is 4.27. The molecule has 3 aromatic rings. The zero-order valence-corrected chi connectivity index (χ0v) is 23.0. The number of nitrogens with zero attached hydrogens (tertiary/aromatic N) is 3. The van der Waals surface area contributed by atoms with Gasteiger partial charge >= 0.3 is 0 Å². The van der Waals surface area contributed by atoms with Crippen molar-refractivity contribution in [2.24, 2.45) is 11.7 Å². The molecule has 0 saturated carbocycles. The Morgan fingerprint density at radius 2 is 1.95 bits per heavy atom. The van der Waals surface area contributed by atoms with Crippen LogP contribution in [0.3, 0.4) is 0 Å². The maximum absolute atomic E-state index is 12.1. The number of rotatable bonds is 10. The Hall–Kier alpha value is -4.73. The van der Waals surface area contributed by atoms with Crippen LogP contribution in [0.5, 0.6) is 5.75 Å². The van der Waals surface area contributed by atoms with E-state index in [2.05, 4.69) is 10.6 Å². The summed E-state index contributed by atoms with van der Waals surface area (Å²) in [5.74, 6) is 1.85. The highest BCUT2D eigenvalue weighted by Gasteiger charge is 2.24. The van der Waals surface area contributed by atoms with Crippen LogP contribution in [0.1, 0.15) is 37.6 Å². The molecule has 10 nitrogen and oxygen atoms in total. The van der Waals surface area contributed by atoms with E-state index in [1.807, 2.05) is 56.3 Å². The average Bonchev–Trinajstić information content (AvgIpc) is 2.96. The number of carbonyl (C=O) groups excluding carboxylic acids is 2. The first-order chi connectivity index (χ1) is 19.3. The molecule has 10 heteroatoms. The van der Waals surface area contributed by atoms with Crippen LogP contribution in [-0.4, -0.2) is 52.6 Å². The van der Waals surface area contributed by atoms with Crippen LogP contribution < -0.4 is 21.1 Å². The zero-order valence-electron chi connectivity index (χ0n) is 23.0. The van der Waals surface area contributed by atoms with Crippen LogP contribution in [0.2, 0.25) is 0 Å². The number of ether oxygens (including phenoxy) is 1. The van der Waals surface area contributed by atoms with Crippen molar-refractivity contribution in [3.05, 3.63) is 71.6 Å². The minimum atomic E-state index is -0.175. The number of hydrogen-bond donors (Lipinski definition) is 4. The van der Waals surface area contributed by atoms with Crippen LogP contribution in [0.4, 0.5) is 11.5 Å². The van der Waals surface area contributed by atoms with Gasteiger partial charge in [0.2, 0.25) is 5.91 Å². The molecule has 0 atom stereocenters. The first-order valence-electron chi connectivity index (χ1n) is 13.2. The van der Waals surface area contributed by atoms with E-state index >= 15 is 0 Å². The van der Waals surface area contributed by atoms with Gasteiger partial charge in [0.25, 0.3) is 5.91 Å². The normalized spacial score (nSPS) is 13.0. The summed E-state index contributed by atoms with van der Waals surface area (Å²) in [5, 5.41) is 13.8. The quantitative estimate of drug-likeness (QED) is 0.285. The number of allylic oxidation sites excluding steroid dienone is 1. The summed E-state index contributed by atoms with van der Waals surface area (Å²) in [5.41, 5.74) is 10.3. The van der Waals surface area contributed by atoms with E-state index in [0.29, 0.717) is 54.9 Å². The highest BCUT2D eigenvalue weighted by molar-refractivity contribution is 6.08. The molecular formula is C30H35N7O3. The van der Waals surface area contributed by atoms with E-state index in [0.717, 1.165) is 28.1 Å². The van der Waals surface area contributed by atoms with E-state index in [9.17, 15) is 9.59 Å². The summed E-state index contributed by atoms with van der Waals surface area (Å²) in [6.45, 7) is 7.14. The minimum absolute atomic E-state index is 0.0000515. The first kappa shape index (κ1) is 28.3. The lowest BCUT2D eigenvalue weighted by molar-refractivity contribution is -0.129.